The molecular weight excluding hydrogens is 420 g/mol. The fourth-order valence-electron chi connectivity index (χ4n) is 3.04. The summed E-state index contributed by atoms with van der Waals surface area (Å²) < 4.78 is 60.1. The zero-order chi connectivity index (χ0) is 21.2. The van der Waals surface area contributed by atoms with Gasteiger partial charge in [0.05, 0.1) is 23.9 Å². The van der Waals surface area contributed by atoms with Crippen LogP contribution in [0.1, 0.15) is 16.8 Å². The van der Waals surface area contributed by atoms with Crippen molar-refractivity contribution < 1.29 is 26.4 Å². The highest BCUT2D eigenvalue weighted by atomic mass is 32.2. The van der Waals surface area contributed by atoms with E-state index < -0.39 is 26.0 Å². The first-order valence-electron chi connectivity index (χ1n) is 8.83. The Morgan fingerprint density at radius 2 is 1.55 bits per heavy atom. The molecule has 2 aromatic rings. The zero-order valence-electron chi connectivity index (χ0n) is 16.1. The topological polar surface area (TPSA) is 119 Å². The molecule has 29 heavy (non-hydrogen) atoms. The lowest BCUT2D eigenvalue weighted by Crippen LogP contribution is -2.37. The molecule has 158 valence electrons. The first-order valence-corrected chi connectivity index (χ1v) is 11.7. The molecule has 12 heteroatoms. The largest absolute Gasteiger partial charge is 0.465 e. The monoisotopic (exact) mass is 442 g/mol. The molecule has 0 bridgehead atoms. The Hall–Kier alpha value is -2.28. The number of aryl methyl sites for hydroxylation is 1. The van der Waals surface area contributed by atoms with Gasteiger partial charge in [-0.3, -0.25) is 0 Å². The zero-order valence-corrected chi connectivity index (χ0v) is 17.7. The summed E-state index contributed by atoms with van der Waals surface area (Å²) in [6.45, 7) is 0.438. The van der Waals surface area contributed by atoms with E-state index in [1.54, 1.807) is 11.6 Å². The van der Waals surface area contributed by atoms with E-state index in [9.17, 15) is 21.6 Å². The number of benzene rings is 1. The maximum absolute atomic E-state index is 12.9. The van der Waals surface area contributed by atoms with E-state index in [2.05, 4.69) is 9.72 Å². The van der Waals surface area contributed by atoms with Crippen LogP contribution in [0.2, 0.25) is 0 Å². The van der Waals surface area contributed by atoms with E-state index in [0.29, 0.717) is 6.42 Å². The van der Waals surface area contributed by atoms with Crippen LogP contribution in [-0.4, -0.2) is 74.3 Å². The number of sulfonamides is 2. The summed E-state index contributed by atoms with van der Waals surface area (Å²) in [5, 5.41) is -0.0605. The highest BCUT2D eigenvalue weighted by molar-refractivity contribution is 7.89. The SMILES string of the molecule is COC(=O)c1ccc(S(=O)(=O)N2CCCN(S(=O)(=O)c3cn(C)cn3)CC2)cc1. The van der Waals surface area contributed by atoms with E-state index in [4.69, 9.17) is 0 Å². The van der Waals surface area contributed by atoms with Crippen LogP contribution in [0.3, 0.4) is 0 Å². The molecule has 2 heterocycles. The van der Waals surface area contributed by atoms with Gasteiger partial charge in [0.1, 0.15) is 0 Å². The molecule has 0 unspecified atom stereocenters. The van der Waals surface area contributed by atoms with Crippen molar-refractivity contribution in [2.24, 2.45) is 7.05 Å². The minimum Gasteiger partial charge on any atom is -0.465 e. The number of ether oxygens (including phenoxy) is 1. The minimum absolute atomic E-state index is 0.0210. The van der Waals surface area contributed by atoms with Crippen LogP contribution >= 0.6 is 0 Å². The fourth-order valence-corrected chi connectivity index (χ4v) is 5.94. The molecule has 0 N–H and O–H groups in total. The number of esters is 1. The second-order valence-electron chi connectivity index (χ2n) is 6.56. The molecule has 0 aliphatic carbocycles. The molecule has 3 rings (SSSR count). The van der Waals surface area contributed by atoms with Gasteiger partial charge >= 0.3 is 5.97 Å². The number of hydrogen-bond acceptors (Lipinski definition) is 7. The molecule has 0 spiro atoms. The third-order valence-electron chi connectivity index (χ3n) is 4.61. The summed E-state index contributed by atoms with van der Waals surface area (Å²) in [7, 11) is -4.69. The predicted octanol–water partition coefficient (Wildman–Crippen LogP) is 0.292. The van der Waals surface area contributed by atoms with Crippen LogP contribution < -0.4 is 0 Å². The Balaban J connectivity index is 1.77. The van der Waals surface area contributed by atoms with Gasteiger partial charge in [-0.1, -0.05) is 0 Å². The maximum Gasteiger partial charge on any atom is 0.337 e. The lowest BCUT2D eigenvalue weighted by atomic mass is 10.2. The molecule has 0 radical (unpaired) electrons. The Kier molecular flexibility index (Phi) is 6.08. The number of nitrogens with zero attached hydrogens (tertiary/aromatic N) is 4. The van der Waals surface area contributed by atoms with Crippen molar-refractivity contribution in [2.75, 3.05) is 33.3 Å². The molecule has 0 atom stereocenters. The van der Waals surface area contributed by atoms with Crippen molar-refractivity contribution in [3.05, 3.63) is 42.4 Å². The number of imidazole rings is 1. The standard InChI is InChI=1S/C17H22N4O6S2/c1-19-12-16(18-13-19)29(25,26)21-9-3-8-20(10-11-21)28(23,24)15-6-4-14(5-7-15)17(22)27-2/h4-7,12-13H,3,8-11H2,1-2H3. The van der Waals surface area contributed by atoms with Crippen LogP contribution in [0.25, 0.3) is 0 Å². The number of carbonyl (C=O) groups is 1. The van der Waals surface area contributed by atoms with E-state index in [0.717, 1.165) is 0 Å². The number of carbonyl (C=O) groups excluding carboxylic acids is 1. The molecule has 1 aromatic carbocycles. The first-order chi connectivity index (χ1) is 13.7. The summed E-state index contributed by atoms with van der Waals surface area (Å²) in [5.41, 5.74) is 0.245. The van der Waals surface area contributed by atoms with E-state index in [1.165, 1.54) is 52.5 Å². The Morgan fingerprint density at radius 3 is 2.07 bits per heavy atom. The summed E-state index contributed by atoms with van der Waals surface area (Å²) >= 11 is 0. The minimum atomic E-state index is -3.82. The molecular formula is C17H22N4O6S2. The number of rotatable bonds is 5. The highest BCUT2D eigenvalue weighted by Gasteiger charge is 2.32. The van der Waals surface area contributed by atoms with Crippen LogP contribution in [0.5, 0.6) is 0 Å². The van der Waals surface area contributed by atoms with Crippen molar-refractivity contribution in [1.82, 2.24) is 18.2 Å². The molecule has 10 nitrogen and oxygen atoms in total. The third kappa shape index (κ3) is 4.34. The summed E-state index contributed by atoms with van der Waals surface area (Å²) in [5.74, 6) is -0.556. The molecule has 1 aliphatic heterocycles. The quantitative estimate of drug-likeness (QED) is 0.611. The van der Waals surface area contributed by atoms with Crippen LogP contribution in [0.15, 0.2) is 46.7 Å². The van der Waals surface area contributed by atoms with Crippen molar-refractivity contribution in [1.29, 1.82) is 0 Å². The van der Waals surface area contributed by atoms with Crippen LogP contribution in [-0.2, 0) is 31.8 Å². The molecule has 1 saturated heterocycles. The lowest BCUT2D eigenvalue weighted by Gasteiger charge is -2.21. The Morgan fingerprint density at radius 1 is 0.966 bits per heavy atom. The average molecular weight is 443 g/mol. The Bertz CT molecular complexity index is 1090. The molecule has 1 fully saturated rings. The number of methoxy groups -OCH3 is 1. The van der Waals surface area contributed by atoms with Gasteiger partial charge < -0.3 is 9.30 Å². The average Bonchev–Trinajstić information content (AvgIpc) is 2.99. The summed E-state index contributed by atoms with van der Waals surface area (Å²) in [6, 6.07) is 5.45. The summed E-state index contributed by atoms with van der Waals surface area (Å²) in [6.07, 6.45) is 3.17. The molecule has 1 aromatic heterocycles. The van der Waals surface area contributed by atoms with E-state index in [-0.39, 0.29) is 41.7 Å². The molecule has 1 aliphatic rings. The smallest absolute Gasteiger partial charge is 0.337 e. The molecule has 0 saturated carbocycles. The highest BCUT2D eigenvalue weighted by Crippen LogP contribution is 2.21. The maximum atomic E-state index is 12.9. The Labute approximate surface area is 169 Å². The van der Waals surface area contributed by atoms with Gasteiger partial charge in [0.25, 0.3) is 10.0 Å². The van der Waals surface area contributed by atoms with Crippen molar-refractivity contribution in [2.45, 2.75) is 16.3 Å². The van der Waals surface area contributed by atoms with Crippen molar-refractivity contribution >= 4 is 26.0 Å². The van der Waals surface area contributed by atoms with Crippen LogP contribution in [0.4, 0.5) is 0 Å². The van der Waals surface area contributed by atoms with Gasteiger partial charge in [-0.2, -0.15) is 8.61 Å². The van der Waals surface area contributed by atoms with Gasteiger partial charge in [0, 0.05) is 39.4 Å². The predicted molar refractivity (Wildman–Crippen MR) is 103 cm³/mol. The normalized spacial score (nSPS) is 17.0. The van der Waals surface area contributed by atoms with E-state index >= 15 is 0 Å². The van der Waals surface area contributed by atoms with Gasteiger partial charge in [0.2, 0.25) is 10.0 Å². The summed E-state index contributed by atoms with van der Waals surface area (Å²) in [4.78, 5) is 15.5. The van der Waals surface area contributed by atoms with Crippen molar-refractivity contribution in [3.63, 3.8) is 0 Å². The third-order valence-corrected chi connectivity index (χ3v) is 8.31. The second kappa shape index (κ2) is 8.22. The molecule has 0 amide bonds. The number of hydrogen-bond donors (Lipinski definition) is 0. The lowest BCUT2D eigenvalue weighted by molar-refractivity contribution is 0.0600. The second-order valence-corrected chi connectivity index (χ2v) is 10.4. The fraction of sp³-hybridized carbons (Fsp3) is 0.412. The van der Waals surface area contributed by atoms with Crippen molar-refractivity contribution in [3.8, 4) is 0 Å². The van der Waals surface area contributed by atoms with Gasteiger partial charge in [-0.25, -0.2) is 26.6 Å². The van der Waals surface area contributed by atoms with Crippen LogP contribution in [0, 0.1) is 0 Å². The first kappa shape index (κ1) is 21.4. The van der Waals surface area contributed by atoms with Gasteiger partial charge in [0.15, 0.2) is 5.03 Å². The van der Waals surface area contributed by atoms with E-state index in [1.807, 2.05) is 0 Å². The van der Waals surface area contributed by atoms with Gasteiger partial charge in [-0.05, 0) is 30.7 Å². The number of aromatic nitrogens is 2. The van der Waals surface area contributed by atoms with Gasteiger partial charge in [-0.15, -0.1) is 0 Å².